The molecule has 0 radical (unpaired) electrons. The van der Waals surface area contributed by atoms with E-state index in [9.17, 15) is 13.2 Å². The number of hydrogen-bond donors (Lipinski definition) is 1. The Morgan fingerprint density at radius 2 is 2.09 bits per heavy atom. The Morgan fingerprint density at radius 3 is 2.76 bits per heavy atom. The van der Waals surface area contributed by atoms with Gasteiger partial charge >= 0.3 is 6.09 Å². The van der Waals surface area contributed by atoms with E-state index in [1.165, 1.54) is 18.4 Å². The number of amides is 1. The molecule has 4 rings (SSSR count). The molecule has 0 bridgehead atoms. The van der Waals surface area contributed by atoms with Gasteiger partial charge in [-0.25, -0.2) is 22.5 Å². The lowest BCUT2D eigenvalue weighted by Gasteiger charge is -2.38. The molecule has 2 aromatic rings. The van der Waals surface area contributed by atoms with Crippen LogP contribution in [0.4, 0.5) is 4.79 Å². The van der Waals surface area contributed by atoms with Gasteiger partial charge in [0.2, 0.25) is 16.0 Å². The number of ether oxygens (including phenoxy) is 3. The summed E-state index contributed by atoms with van der Waals surface area (Å²) in [5.41, 5.74) is -1.34. The topological polar surface area (TPSA) is 119 Å². The molecule has 2 unspecified atom stereocenters. The van der Waals surface area contributed by atoms with Gasteiger partial charge in [-0.05, 0) is 32.9 Å². The Morgan fingerprint density at radius 1 is 1.35 bits per heavy atom. The lowest BCUT2D eigenvalue weighted by atomic mass is 9.96. The predicted molar refractivity (Wildman–Crippen MR) is 129 cm³/mol. The van der Waals surface area contributed by atoms with E-state index in [1.807, 2.05) is 6.07 Å². The number of pyridine rings is 1. The monoisotopic (exact) mass is 528 g/mol. The average molecular weight is 529 g/mol. The van der Waals surface area contributed by atoms with Crippen molar-refractivity contribution in [2.24, 2.45) is 4.99 Å². The Hall–Kier alpha value is -2.41. The number of halogens is 1. The number of sulfonamides is 1. The van der Waals surface area contributed by atoms with Crippen LogP contribution in [0.1, 0.15) is 25.6 Å². The highest BCUT2D eigenvalue weighted by molar-refractivity contribution is 7.90. The van der Waals surface area contributed by atoms with Crippen molar-refractivity contribution in [1.29, 1.82) is 0 Å². The lowest BCUT2D eigenvalue weighted by Crippen LogP contribution is -2.58. The van der Waals surface area contributed by atoms with E-state index in [1.54, 1.807) is 46.3 Å². The molecule has 0 saturated carbocycles. The van der Waals surface area contributed by atoms with E-state index < -0.39 is 32.5 Å². The van der Waals surface area contributed by atoms with Crippen LogP contribution < -0.4 is 10.1 Å². The number of nitrogens with one attached hydrogen (secondary N) is 1. The first kappa shape index (κ1) is 24.7. The minimum atomic E-state index is -3.94. The van der Waals surface area contributed by atoms with E-state index in [-0.39, 0.29) is 19.2 Å². The minimum Gasteiger partial charge on any atom is -0.495 e. The number of guanidine groups is 1. The molecule has 1 fully saturated rings. The summed E-state index contributed by atoms with van der Waals surface area (Å²) in [6.45, 7) is 5.05. The van der Waals surface area contributed by atoms with Crippen LogP contribution in [-0.2, 0) is 25.0 Å². The third-order valence-electron chi connectivity index (χ3n) is 5.40. The first-order valence-corrected chi connectivity index (χ1v) is 13.0. The van der Waals surface area contributed by atoms with Crippen molar-refractivity contribution in [3.63, 3.8) is 0 Å². The van der Waals surface area contributed by atoms with Crippen molar-refractivity contribution in [3.05, 3.63) is 34.4 Å². The highest BCUT2D eigenvalue weighted by Gasteiger charge is 2.59. The fourth-order valence-electron chi connectivity index (χ4n) is 3.80. The summed E-state index contributed by atoms with van der Waals surface area (Å²) in [7, 11) is -1.07. The summed E-state index contributed by atoms with van der Waals surface area (Å²) in [5.74, 6) is 0.414. The Bertz CT molecular complexity index is 1260. The number of thiophene rings is 1. The van der Waals surface area contributed by atoms with Gasteiger partial charge < -0.3 is 14.2 Å². The van der Waals surface area contributed by atoms with Crippen LogP contribution >= 0.6 is 22.9 Å². The summed E-state index contributed by atoms with van der Waals surface area (Å²) in [5, 5.41) is 1.81. The highest BCUT2D eigenvalue weighted by Crippen LogP contribution is 2.49. The molecule has 34 heavy (non-hydrogen) atoms. The van der Waals surface area contributed by atoms with Crippen molar-refractivity contribution in [1.82, 2.24) is 14.6 Å². The Balaban J connectivity index is 1.81. The van der Waals surface area contributed by atoms with E-state index in [0.29, 0.717) is 15.6 Å². The summed E-state index contributed by atoms with van der Waals surface area (Å²) < 4.78 is 44.0. The van der Waals surface area contributed by atoms with Crippen molar-refractivity contribution in [3.8, 4) is 16.2 Å². The second-order valence-corrected chi connectivity index (χ2v) is 12.5. The second-order valence-electron chi connectivity index (χ2n) is 8.90. The summed E-state index contributed by atoms with van der Waals surface area (Å²) in [6, 6.07) is 3.55. The van der Waals surface area contributed by atoms with Gasteiger partial charge in [0.1, 0.15) is 22.1 Å². The number of aromatic nitrogens is 1. The van der Waals surface area contributed by atoms with Crippen LogP contribution in [0.15, 0.2) is 29.5 Å². The van der Waals surface area contributed by atoms with E-state index in [4.69, 9.17) is 30.8 Å². The fraction of sp³-hybridized carbons (Fsp3) is 0.476. The predicted octanol–water partition coefficient (Wildman–Crippen LogP) is 3.22. The highest BCUT2D eigenvalue weighted by atomic mass is 35.5. The van der Waals surface area contributed by atoms with Crippen LogP contribution in [-0.4, -0.2) is 68.0 Å². The number of rotatable bonds is 3. The molecule has 10 nitrogen and oxygen atoms in total. The molecular weight excluding hydrogens is 504 g/mol. The van der Waals surface area contributed by atoms with E-state index in [0.717, 1.165) is 14.7 Å². The lowest BCUT2D eigenvalue weighted by molar-refractivity contribution is 0.0558. The molecule has 0 aromatic carbocycles. The summed E-state index contributed by atoms with van der Waals surface area (Å²) in [4.78, 5) is 22.6. The number of carbonyl (C=O) groups excluding carboxylic acids is 1. The third kappa shape index (κ3) is 4.35. The molecule has 4 heterocycles. The number of hydrogen-bond acceptors (Lipinski definition) is 9. The molecule has 0 aliphatic carbocycles. The van der Waals surface area contributed by atoms with Gasteiger partial charge in [0.05, 0.1) is 36.4 Å². The zero-order valence-electron chi connectivity index (χ0n) is 19.3. The van der Waals surface area contributed by atoms with Crippen molar-refractivity contribution < 1.29 is 27.4 Å². The van der Waals surface area contributed by atoms with E-state index >= 15 is 0 Å². The zero-order valence-corrected chi connectivity index (χ0v) is 21.7. The molecule has 0 spiro atoms. The molecule has 1 N–H and O–H groups in total. The maximum absolute atomic E-state index is 13.4. The summed E-state index contributed by atoms with van der Waals surface area (Å²) >= 11 is 7.94. The van der Waals surface area contributed by atoms with Gasteiger partial charge in [0.15, 0.2) is 0 Å². The molecular formula is C21H25ClN4O6S2. The van der Waals surface area contributed by atoms with Crippen molar-refractivity contribution >= 4 is 45.0 Å². The normalized spacial score (nSPS) is 23.8. The smallest absolute Gasteiger partial charge is 0.414 e. The quantitative estimate of drug-likeness (QED) is 0.649. The van der Waals surface area contributed by atoms with Crippen LogP contribution in [0.2, 0.25) is 5.02 Å². The van der Waals surface area contributed by atoms with Crippen LogP contribution in [0, 0.1) is 0 Å². The first-order valence-electron chi connectivity index (χ1n) is 10.3. The SMILES string of the molecule is COc1cncc(-c2cc(Cl)c(C34COCC3S(=O)(=O)N(C)C(NC(=O)OC(C)(C)C)=N4)s2)c1. The van der Waals surface area contributed by atoms with Gasteiger partial charge in [-0.3, -0.25) is 10.3 Å². The molecule has 1 amide bonds. The Kier molecular flexibility index (Phi) is 6.30. The van der Waals surface area contributed by atoms with Crippen LogP contribution in [0.25, 0.3) is 10.4 Å². The molecule has 2 atom stereocenters. The molecule has 1 saturated heterocycles. The van der Waals surface area contributed by atoms with Gasteiger partial charge in [-0.15, -0.1) is 11.3 Å². The number of alkyl carbamates (subject to hydrolysis) is 1. The molecule has 184 valence electrons. The maximum Gasteiger partial charge on any atom is 0.414 e. The number of fused-ring (bicyclic) bond motifs is 1. The molecule has 2 aliphatic rings. The largest absolute Gasteiger partial charge is 0.495 e. The first-order chi connectivity index (χ1) is 15.9. The molecule has 2 aliphatic heterocycles. The number of aliphatic imine (C=N–C) groups is 1. The van der Waals surface area contributed by atoms with Crippen LogP contribution in [0.5, 0.6) is 5.75 Å². The average Bonchev–Trinajstić information content (AvgIpc) is 3.36. The van der Waals surface area contributed by atoms with Crippen LogP contribution in [0.3, 0.4) is 0 Å². The standard InChI is InChI=1S/C21H25ClN4O6S2/c1-20(2,3)32-19(27)24-18-25-21(11-31-10-16(21)34(28,29)26(18)4)17-14(22)7-15(33-17)12-6-13(30-5)9-23-8-12/h6-9,16H,10-11H2,1-5H3,(H,24,25,27). The fourth-order valence-corrected chi connectivity index (χ4v) is 7.24. The van der Waals surface area contributed by atoms with Gasteiger partial charge in [-0.2, -0.15) is 0 Å². The summed E-state index contributed by atoms with van der Waals surface area (Å²) in [6.07, 6.45) is 2.43. The van der Waals surface area contributed by atoms with Crippen molar-refractivity contribution in [2.45, 2.75) is 37.2 Å². The maximum atomic E-state index is 13.4. The number of methoxy groups -OCH3 is 1. The van der Waals surface area contributed by atoms with Gasteiger partial charge in [0.25, 0.3) is 0 Å². The number of carbonyl (C=O) groups is 1. The molecule has 2 aromatic heterocycles. The Labute approximate surface area is 206 Å². The van der Waals surface area contributed by atoms with E-state index in [2.05, 4.69) is 10.3 Å². The second kappa shape index (κ2) is 8.67. The minimum absolute atomic E-state index is 0.0136. The number of nitrogens with zero attached hydrogens (tertiary/aromatic N) is 3. The van der Waals surface area contributed by atoms with Gasteiger partial charge in [-0.1, -0.05) is 11.6 Å². The van der Waals surface area contributed by atoms with Gasteiger partial charge in [0, 0.05) is 23.7 Å². The third-order valence-corrected chi connectivity index (χ3v) is 9.34. The van der Waals surface area contributed by atoms with Crippen molar-refractivity contribution in [2.75, 3.05) is 27.4 Å². The zero-order chi connectivity index (χ0) is 24.9. The molecule has 13 heteroatoms.